The van der Waals surface area contributed by atoms with E-state index in [0.717, 1.165) is 23.4 Å². The summed E-state index contributed by atoms with van der Waals surface area (Å²) in [5.74, 6) is 0.141. The van der Waals surface area contributed by atoms with Crippen LogP contribution in [0.5, 0.6) is 0 Å². The van der Waals surface area contributed by atoms with Crippen LogP contribution in [0.15, 0.2) is 162 Å². The first-order valence-corrected chi connectivity index (χ1v) is 15.7. The highest BCUT2D eigenvalue weighted by molar-refractivity contribution is 6.09. The molecule has 0 spiro atoms. The van der Waals surface area contributed by atoms with Crippen molar-refractivity contribution in [3.05, 3.63) is 179 Å². The van der Waals surface area contributed by atoms with Gasteiger partial charge < -0.3 is 5.32 Å². The third-order valence-corrected chi connectivity index (χ3v) is 7.41. The Hall–Kier alpha value is -4.43. The molecule has 2 nitrogen and oxygen atoms in total. The number of nitrogens with one attached hydrogen (secondary N) is 1. The lowest BCUT2D eigenvalue weighted by molar-refractivity contribution is 0.592. The van der Waals surface area contributed by atoms with E-state index in [1.165, 1.54) is 27.8 Å². The third kappa shape index (κ3) is 9.03. The van der Waals surface area contributed by atoms with Gasteiger partial charge in [-0.05, 0) is 65.8 Å². The van der Waals surface area contributed by atoms with Crippen LogP contribution in [0.1, 0.15) is 75.8 Å². The van der Waals surface area contributed by atoms with Gasteiger partial charge in [0.15, 0.2) is 0 Å². The van der Waals surface area contributed by atoms with Crippen molar-refractivity contribution in [3.8, 4) is 0 Å². The van der Waals surface area contributed by atoms with Gasteiger partial charge in [-0.3, -0.25) is 4.99 Å². The minimum atomic E-state index is 0.0418. The quantitative estimate of drug-likeness (QED) is 0.304. The second kappa shape index (κ2) is 17.5. The van der Waals surface area contributed by atoms with Gasteiger partial charge in [0, 0.05) is 11.6 Å². The maximum absolute atomic E-state index is 5.23. The smallest absolute Gasteiger partial charge is 0.0728 e. The number of nitrogens with zero attached hydrogens (tertiary/aromatic N) is 1. The Morgan fingerprint density at radius 1 is 0.860 bits per heavy atom. The predicted molar refractivity (Wildman–Crippen MR) is 189 cm³/mol. The average Bonchev–Trinajstić information content (AvgIpc) is 3.10. The van der Waals surface area contributed by atoms with Crippen LogP contribution in [-0.2, 0) is 6.42 Å². The van der Waals surface area contributed by atoms with E-state index < -0.39 is 0 Å². The zero-order chi connectivity index (χ0) is 31.0. The van der Waals surface area contributed by atoms with Gasteiger partial charge in [-0.2, -0.15) is 0 Å². The fraction of sp³-hybridized carbons (Fsp3) is 0.244. The molecule has 3 aromatic rings. The molecule has 0 saturated carbocycles. The molecular formula is C41H48N2. The molecule has 0 saturated heterocycles. The Labute approximate surface area is 260 Å². The molecule has 3 aromatic carbocycles. The summed E-state index contributed by atoms with van der Waals surface area (Å²) in [4.78, 5) is 5.23. The highest BCUT2D eigenvalue weighted by Gasteiger charge is 2.29. The Morgan fingerprint density at radius 3 is 2.23 bits per heavy atom. The third-order valence-electron chi connectivity index (χ3n) is 7.41. The van der Waals surface area contributed by atoms with Crippen LogP contribution in [-0.4, -0.2) is 11.8 Å². The van der Waals surface area contributed by atoms with Crippen LogP contribution in [0, 0.1) is 0 Å². The molecule has 222 valence electrons. The number of fused-ring (bicyclic) bond motifs is 3. The first-order valence-electron chi connectivity index (χ1n) is 15.7. The molecule has 1 aliphatic heterocycles. The maximum atomic E-state index is 5.23. The predicted octanol–water partition coefficient (Wildman–Crippen LogP) is 10.7. The highest BCUT2D eigenvalue weighted by Crippen LogP contribution is 2.38. The number of allylic oxidation sites excluding steroid dienone is 8. The highest BCUT2D eigenvalue weighted by atomic mass is 14.9. The number of benzene rings is 3. The summed E-state index contributed by atoms with van der Waals surface area (Å²) in [7, 11) is 0. The van der Waals surface area contributed by atoms with Gasteiger partial charge in [-0.1, -0.05) is 156 Å². The number of rotatable bonds is 5. The van der Waals surface area contributed by atoms with Gasteiger partial charge in [0.2, 0.25) is 0 Å². The van der Waals surface area contributed by atoms with Crippen molar-refractivity contribution in [2.75, 3.05) is 0 Å². The lowest BCUT2D eigenvalue weighted by Crippen LogP contribution is -2.35. The normalized spacial score (nSPS) is 20.1. The van der Waals surface area contributed by atoms with Gasteiger partial charge in [0.1, 0.15) is 0 Å². The molecule has 1 N–H and O–H groups in total. The lowest BCUT2D eigenvalue weighted by Gasteiger charge is -2.33. The first kappa shape index (κ1) is 33.1. The second-order valence-corrected chi connectivity index (χ2v) is 10.2. The molecule has 2 aliphatic rings. The standard InChI is InChI=1S/C37H36N2.2C2H6/c1-27(26-36(32-21-11-6-12-22-32)39-29(3)30-17-8-5-9-18-30)33-24-15-25-35-37(33)34-23-14-13-20-31(34)19-10-4-7-16-28(2)38-35;2*1-2/h4-18,20-26,29,35,37-38H,2,19H2,1,3H3;2*1-2H3/b10-4-,16-7-,27-26+,39-36?;;. The minimum absolute atomic E-state index is 0.0418. The summed E-state index contributed by atoms with van der Waals surface area (Å²) in [6, 6.07) is 29.9. The van der Waals surface area contributed by atoms with Gasteiger partial charge >= 0.3 is 0 Å². The Bertz CT molecular complexity index is 1480. The van der Waals surface area contributed by atoms with Crippen molar-refractivity contribution in [2.24, 2.45) is 4.99 Å². The van der Waals surface area contributed by atoms with Crippen LogP contribution in [0.4, 0.5) is 0 Å². The fourth-order valence-corrected chi connectivity index (χ4v) is 5.39. The van der Waals surface area contributed by atoms with Crippen LogP contribution >= 0.6 is 0 Å². The van der Waals surface area contributed by atoms with Crippen LogP contribution in [0.2, 0.25) is 0 Å². The van der Waals surface area contributed by atoms with E-state index >= 15 is 0 Å². The van der Waals surface area contributed by atoms with E-state index in [2.05, 4.69) is 153 Å². The van der Waals surface area contributed by atoms with Crippen molar-refractivity contribution in [1.82, 2.24) is 5.32 Å². The van der Waals surface area contributed by atoms with Gasteiger partial charge in [-0.25, -0.2) is 0 Å². The molecule has 2 heteroatoms. The summed E-state index contributed by atoms with van der Waals surface area (Å²) in [6.45, 7) is 16.6. The SMILES string of the molecule is C=C1/C=C\C=C/Cc2ccccc2C2C(/C(C)=C/C(=NC(C)c3ccccc3)c3ccccc3)=CC=CC2N1.CC.CC. The summed E-state index contributed by atoms with van der Waals surface area (Å²) in [5, 5.41) is 3.68. The second-order valence-electron chi connectivity index (χ2n) is 10.2. The number of aliphatic imine (C=N–C) groups is 1. The monoisotopic (exact) mass is 568 g/mol. The van der Waals surface area contributed by atoms with Gasteiger partial charge in [0.25, 0.3) is 0 Å². The van der Waals surface area contributed by atoms with E-state index in [0.29, 0.717) is 0 Å². The average molecular weight is 569 g/mol. The van der Waals surface area contributed by atoms with Crippen LogP contribution in [0.25, 0.3) is 0 Å². The van der Waals surface area contributed by atoms with Crippen molar-refractivity contribution < 1.29 is 0 Å². The Balaban J connectivity index is 0.00000121. The Morgan fingerprint density at radius 2 is 1.51 bits per heavy atom. The van der Waals surface area contributed by atoms with Gasteiger partial charge in [-0.15, -0.1) is 0 Å². The molecule has 1 heterocycles. The van der Waals surface area contributed by atoms with E-state index in [1.54, 1.807) is 0 Å². The van der Waals surface area contributed by atoms with Crippen molar-refractivity contribution in [3.63, 3.8) is 0 Å². The topological polar surface area (TPSA) is 24.4 Å². The molecule has 5 rings (SSSR count). The molecule has 0 radical (unpaired) electrons. The molecule has 1 aliphatic carbocycles. The lowest BCUT2D eigenvalue weighted by atomic mass is 9.76. The molecule has 0 aromatic heterocycles. The molecule has 0 amide bonds. The number of hydrogen-bond acceptors (Lipinski definition) is 2. The molecule has 3 unspecified atom stereocenters. The summed E-state index contributed by atoms with van der Waals surface area (Å²) in [5.41, 5.74) is 9.41. The van der Waals surface area contributed by atoms with E-state index in [1.807, 2.05) is 33.8 Å². The summed E-state index contributed by atoms with van der Waals surface area (Å²) in [6.07, 6.45) is 18.3. The zero-order valence-corrected chi connectivity index (χ0v) is 26.8. The van der Waals surface area contributed by atoms with Crippen molar-refractivity contribution in [2.45, 2.75) is 66.0 Å². The zero-order valence-electron chi connectivity index (χ0n) is 26.8. The first-order chi connectivity index (χ1) is 21.1. The van der Waals surface area contributed by atoms with Crippen LogP contribution < -0.4 is 5.32 Å². The van der Waals surface area contributed by atoms with E-state index in [-0.39, 0.29) is 18.0 Å². The van der Waals surface area contributed by atoms with Crippen molar-refractivity contribution in [1.29, 1.82) is 0 Å². The molecule has 0 fully saturated rings. The van der Waals surface area contributed by atoms with E-state index in [4.69, 9.17) is 4.99 Å². The molecule has 43 heavy (non-hydrogen) atoms. The van der Waals surface area contributed by atoms with Crippen LogP contribution in [0.3, 0.4) is 0 Å². The summed E-state index contributed by atoms with van der Waals surface area (Å²) >= 11 is 0. The molecular weight excluding hydrogens is 520 g/mol. The minimum Gasteiger partial charge on any atom is -0.378 e. The van der Waals surface area contributed by atoms with Crippen molar-refractivity contribution >= 4 is 5.71 Å². The summed E-state index contributed by atoms with van der Waals surface area (Å²) < 4.78 is 0. The van der Waals surface area contributed by atoms with Gasteiger partial charge in [0.05, 0.1) is 17.8 Å². The Kier molecular flexibility index (Phi) is 13.5. The largest absolute Gasteiger partial charge is 0.378 e. The maximum Gasteiger partial charge on any atom is 0.0728 e. The van der Waals surface area contributed by atoms with E-state index in [9.17, 15) is 0 Å². The molecule has 0 bridgehead atoms. The molecule has 3 atom stereocenters. The number of hydrogen-bond donors (Lipinski definition) is 1. The fourth-order valence-electron chi connectivity index (χ4n) is 5.39.